The van der Waals surface area contributed by atoms with Gasteiger partial charge < -0.3 is 5.32 Å². The molecule has 5 heteroatoms. The minimum atomic E-state index is 0.535. The predicted octanol–water partition coefficient (Wildman–Crippen LogP) is 2.75. The van der Waals surface area contributed by atoms with Crippen LogP contribution in [0.2, 0.25) is 0 Å². The number of hydrogen-bond acceptors (Lipinski definition) is 5. The molecular weight excluding hydrogens is 226 g/mol. The van der Waals surface area contributed by atoms with E-state index in [1.807, 2.05) is 6.19 Å². The van der Waals surface area contributed by atoms with Crippen molar-refractivity contribution in [1.82, 2.24) is 9.97 Å². The minimum Gasteiger partial charge on any atom is -0.370 e. The number of nitriles is 1. The Labute approximate surface area is 108 Å². The van der Waals surface area contributed by atoms with Crippen molar-refractivity contribution in [2.24, 2.45) is 5.92 Å². The summed E-state index contributed by atoms with van der Waals surface area (Å²) >= 11 is 0. The highest BCUT2D eigenvalue weighted by molar-refractivity contribution is 5.48. The first-order chi connectivity index (χ1) is 8.88. The highest BCUT2D eigenvalue weighted by Crippen LogP contribution is 2.26. The summed E-state index contributed by atoms with van der Waals surface area (Å²) in [7, 11) is 0. The summed E-state index contributed by atoms with van der Waals surface area (Å²) in [4.78, 5) is 8.07. The Morgan fingerprint density at radius 1 is 1.22 bits per heavy atom. The van der Waals surface area contributed by atoms with Gasteiger partial charge in [-0.25, -0.2) is 9.97 Å². The molecule has 1 saturated carbocycles. The highest BCUT2D eigenvalue weighted by Gasteiger charge is 2.12. The third-order valence-electron chi connectivity index (χ3n) is 3.43. The van der Waals surface area contributed by atoms with Crippen LogP contribution in [0.3, 0.4) is 0 Å². The van der Waals surface area contributed by atoms with E-state index in [0.717, 1.165) is 18.3 Å². The van der Waals surface area contributed by atoms with E-state index in [-0.39, 0.29) is 0 Å². The van der Waals surface area contributed by atoms with Gasteiger partial charge in [0.15, 0.2) is 6.19 Å². The first kappa shape index (κ1) is 12.6. The lowest BCUT2D eigenvalue weighted by Gasteiger charge is -2.21. The van der Waals surface area contributed by atoms with Gasteiger partial charge in [-0.2, -0.15) is 5.26 Å². The van der Waals surface area contributed by atoms with Crippen LogP contribution < -0.4 is 10.6 Å². The lowest BCUT2D eigenvalue weighted by molar-refractivity contribution is 0.345. The number of nitrogens with one attached hydrogen (secondary N) is 2. The van der Waals surface area contributed by atoms with Crippen LogP contribution >= 0.6 is 0 Å². The van der Waals surface area contributed by atoms with Crippen LogP contribution in [0.1, 0.15) is 38.5 Å². The van der Waals surface area contributed by atoms with Gasteiger partial charge in [0.25, 0.3) is 0 Å². The third kappa shape index (κ3) is 3.88. The summed E-state index contributed by atoms with van der Waals surface area (Å²) in [6, 6.07) is 1.75. The Hall–Kier alpha value is -1.83. The molecule has 2 N–H and O–H groups in total. The van der Waals surface area contributed by atoms with Crippen molar-refractivity contribution in [3.8, 4) is 6.19 Å². The molecule has 1 aromatic rings. The Kier molecular flexibility index (Phi) is 4.77. The van der Waals surface area contributed by atoms with Gasteiger partial charge in [0.2, 0.25) is 0 Å². The molecule has 0 aromatic carbocycles. The zero-order chi connectivity index (χ0) is 12.6. The maximum Gasteiger partial charge on any atom is 0.182 e. The van der Waals surface area contributed by atoms with Crippen LogP contribution in [0.5, 0.6) is 0 Å². The van der Waals surface area contributed by atoms with Gasteiger partial charge in [0.1, 0.15) is 18.0 Å². The van der Waals surface area contributed by atoms with Crippen LogP contribution in [-0.2, 0) is 0 Å². The van der Waals surface area contributed by atoms with Crippen molar-refractivity contribution < 1.29 is 0 Å². The van der Waals surface area contributed by atoms with Crippen molar-refractivity contribution in [3.05, 3.63) is 12.4 Å². The van der Waals surface area contributed by atoms with E-state index in [9.17, 15) is 0 Å². The third-order valence-corrected chi connectivity index (χ3v) is 3.43. The van der Waals surface area contributed by atoms with Crippen molar-refractivity contribution >= 4 is 11.6 Å². The van der Waals surface area contributed by atoms with Crippen LogP contribution in [0.25, 0.3) is 0 Å². The maximum atomic E-state index is 8.51. The van der Waals surface area contributed by atoms with Gasteiger partial charge in [-0.3, -0.25) is 5.32 Å². The molecule has 0 amide bonds. The molecule has 0 aliphatic heterocycles. The fourth-order valence-electron chi connectivity index (χ4n) is 2.46. The topological polar surface area (TPSA) is 73.6 Å². The Morgan fingerprint density at radius 3 is 2.78 bits per heavy atom. The molecule has 0 spiro atoms. The number of nitrogens with zero attached hydrogens (tertiary/aromatic N) is 3. The summed E-state index contributed by atoms with van der Waals surface area (Å²) in [6.07, 6.45) is 11.4. The Bertz CT molecular complexity index is 406. The van der Waals surface area contributed by atoms with Crippen LogP contribution in [0.15, 0.2) is 12.4 Å². The fraction of sp³-hybridized carbons (Fsp3) is 0.615. The summed E-state index contributed by atoms with van der Waals surface area (Å²) in [5, 5.41) is 14.3. The molecule has 1 aromatic heterocycles. The summed E-state index contributed by atoms with van der Waals surface area (Å²) in [5.74, 6) is 2.18. The Balaban J connectivity index is 1.75. The molecule has 1 heterocycles. The monoisotopic (exact) mass is 245 g/mol. The number of aromatic nitrogens is 2. The molecule has 0 saturated heterocycles. The quantitative estimate of drug-likeness (QED) is 0.616. The van der Waals surface area contributed by atoms with Crippen LogP contribution in [0.4, 0.5) is 11.6 Å². The van der Waals surface area contributed by atoms with Gasteiger partial charge in [-0.05, 0) is 12.3 Å². The van der Waals surface area contributed by atoms with E-state index >= 15 is 0 Å². The van der Waals surface area contributed by atoms with E-state index < -0.39 is 0 Å². The molecule has 96 valence electrons. The molecule has 0 radical (unpaired) electrons. The number of rotatable bonds is 5. The number of anilines is 2. The first-order valence-electron chi connectivity index (χ1n) is 6.59. The highest BCUT2D eigenvalue weighted by atomic mass is 15.1. The zero-order valence-corrected chi connectivity index (χ0v) is 10.5. The smallest absolute Gasteiger partial charge is 0.182 e. The first-order valence-corrected chi connectivity index (χ1v) is 6.59. The van der Waals surface area contributed by atoms with E-state index in [2.05, 4.69) is 20.6 Å². The second-order valence-electron chi connectivity index (χ2n) is 4.74. The van der Waals surface area contributed by atoms with Gasteiger partial charge in [0, 0.05) is 12.6 Å². The summed E-state index contributed by atoms with van der Waals surface area (Å²) in [6.45, 7) is 0.938. The predicted molar refractivity (Wildman–Crippen MR) is 70.9 cm³/mol. The summed E-state index contributed by atoms with van der Waals surface area (Å²) < 4.78 is 0. The molecular formula is C13H19N5. The Morgan fingerprint density at radius 2 is 2.00 bits per heavy atom. The van der Waals surface area contributed by atoms with E-state index in [0.29, 0.717) is 5.82 Å². The molecule has 0 unspecified atom stereocenters. The summed E-state index contributed by atoms with van der Waals surface area (Å²) in [5.41, 5.74) is 0. The number of hydrogen-bond donors (Lipinski definition) is 2. The van der Waals surface area contributed by atoms with Crippen molar-refractivity contribution in [2.45, 2.75) is 38.5 Å². The molecule has 18 heavy (non-hydrogen) atoms. The second kappa shape index (κ2) is 6.80. The lowest BCUT2D eigenvalue weighted by atomic mass is 9.87. The molecule has 0 bridgehead atoms. The lowest BCUT2D eigenvalue weighted by Crippen LogP contribution is -2.12. The average molecular weight is 245 g/mol. The SMILES string of the molecule is N#CNc1cc(NCCC2CCCCC2)ncn1. The normalized spacial score (nSPS) is 15.9. The molecule has 2 rings (SSSR count). The van der Waals surface area contributed by atoms with E-state index in [1.54, 1.807) is 6.07 Å². The second-order valence-corrected chi connectivity index (χ2v) is 4.74. The van der Waals surface area contributed by atoms with Gasteiger partial charge >= 0.3 is 0 Å². The van der Waals surface area contributed by atoms with Crippen molar-refractivity contribution in [1.29, 1.82) is 5.26 Å². The molecule has 1 aliphatic rings. The van der Waals surface area contributed by atoms with Crippen molar-refractivity contribution in [3.63, 3.8) is 0 Å². The van der Waals surface area contributed by atoms with E-state index in [1.165, 1.54) is 44.9 Å². The van der Waals surface area contributed by atoms with Crippen LogP contribution in [0, 0.1) is 17.4 Å². The van der Waals surface area contributed by atoms with Crippen LogP contribution in [-0.4, -0.2) is 16.5 Å². The average Bonchev–Trinajstić information content (AvgIpc) is 2.41. The van der Waals surface area contributed by atoms with Gasteiger partial charge in [-0.1, -0.05) is 32.1 Å². The van der Waals surface area contributed by atoms with E-state index in [4.69, 9.17) is 5.26 Å². The maximum absolute atomic E-state index is 8.51. The zero-order valence-electron chi connectivity index (χ0n) is 10.5. The largest absolute Gasteiger partial charge is 0.370 e. The molecule has 1 aliphatic carbocycles. The molecule has 1 fully saturated rings. The van der Waals surface area contributed by atoms with Crippen molar-refractivity contribution in [2.75, 3.05) is 17.2 Å². The van der Waals surface area contributed by atoms with Gasteiger partial charge in [0.05, 0.1) is 0 Å². The molecule has 5 nitrogen and oxygen atoms in total. The standard InChI is InChI=1S/C13H19N5/c14-9-16-13-8-12(17-10-18-13)15-7-6-11-4-2-1-3-5-11/h8,10-11H,1-7H2,(H2,15,16,17,18). The minimum absolute atomic E-state index is 0.535. The van der Waals surface area contributed by atoms with Gasteiger partial charge in [-0.15, -0.1) is 0 Å². The fourth-order valence-corrected chi connectivity index (χ4v) is 2.46. The molecule has 0 atom stereocenters.